The fourth-order valence-electron chi connectivity index (χ4n) is 2.49. The second kappa shape index (κ2) is 14.2. The monoisotopic (exact) mass is 477 g/mol. The van der Waals surface area contributed by atoms with Crippen LogP contribution in [0.2, 0.25) is 0 Å². The van der Waals surface area contributed by atoms with E-state index in [1.54, 1.807) is 13.8 Å². The fourth-order valence-corrected chi connectivity index (χ4v) is 2.75. The topological polar surface area (TPSA) is 231 Å². The normalized spacial score (nSPS) is 15.4. The number of carbonyl (C=O) groups excluding carboxylic acids is 4. The number of aliphatic carboxylic acids is 2. The molecule has 4 amide bonds. The molecule has 182 valence electrons. The van der Waals surface area contributed by atoms with E-state index in [1.807, 2.05) is 0 Å². The molecule has 5 atom stereocenters. The highest BCUT2D eigenvalue weighted by atomic mass is 32.1. The number of hydrogen-bond acceptors (Lipinski definition) is 8. The molecule has 0 saturated carbocycles. The number of primary amides is 1. The quantitative estimate of drug-likeness (QED) is 0.117. The lowest BCUT2D eigenvalue weighted by Gasteiger charge is -2.27. The summed E-state index contributed by atoms with van der Waals surface area (Å²) in [5.74, 6) is -6.59. The first-order valence-corrected chi connectivity index (χ1v) is 10.5. The van der Waals surface area contributed by atoms with Gasteiger partial charge in [0.25, 0.3) is 0 Å². The molecule has 0 aliphatic heterocycles. The molecule has 32 heavy (non-hydrogen) atoms. The number of nitrogens with one attached hydrogen (secondary N) is 3. The van der Waals surface area contributed by atoms with Gasteiger partial charge < -0.3 is 37.6 Å². The van der Waals surface area contributed by atoms with Crippen molar-refractivity contribution in [1.82, 2.24) is 16.0 Å². The number of carboxylic acid groups (broad SMARTS) is 2. The van der Waals surface area contributed by atoms with Crippen LogP contribution in [-0.2, 0) is 28.8 Å². The minimum Gasteiger partial charge on any atom is -0.481 e. The van der Waals surface area contributed by atoms with Crippen molar-refractivity contribution in [3.8, 4) is 0 Å². The molecule has 0 radical (unpaired) electrons. The molecule has 0 rings (SSSR count). The second-order valence-corrected chi connectivity index (χ2v) is 7.59. The van der Waals surface area contributed by atoms with Gasteiger partial charge >= 0.3 is 11.9 Å². The van der Waals surface area contributed by atoms with E-state index in [2.05, 4.69) is 28.6 Å². The zero-order valence-corrected chi connectivity index (χ0v) is 18.8. The summed E-state index contributed by atoms with van der Waals surface area (Å²) in [4.78, 5) is 70.3. The van der Waals surface area contributed by atoms with Crippen LogP contribution in [0.15, 0.2) is 0 Å². The zero-order valence-electron chi connectivity index (χ0n) is 17.9. The van der Waals surface area contributed by atoms with E-state index >= 15 is 0 Å². The fraction of sp³-hybridized carbons (Fsp3) is 0.667. The van der Waals surface area contributed by atoms with Crippen LogP contribution in [-0.4, -0.2) is 75.7 Å². The summed E-state index contributed by atoms with van der Waals surface area (Å²) in [6.07, 6.45) is -0.574. The van der Waals surface area contributed by atoms with Crippen molar-refractivity contribution in [2.75, 3.05) is 5.75 Å². The van der Waals surface area contributed by atoms with Crippen molar-refractivity contribution in [1.29, 1.82) is 0 Å². The first-order chi connectivity index (χ1) is 14.8. The molecule has 0 heterocycles. The third-order valence-electron chi connectivity index (χ3n) is 4.64. The molecular formula is C18H31N5O8S. The molecule has 0 aliphatic rings. The standard InChI is InChI=1S/C18H31N5O8S/c1-3-8(2)14(17(29)21-10(18(30)31)6-13(25)26)23-16(28)11(7-32)22-15(27)9(19)4-5-12(20)24/h8-11,14,32H,3-7,19H2,1-2H3,(H2,20,24)(H,21,29)(H,22,27)(H,23,28)(H,25,26)(H,30,31). The molecule has 0 aromatic carbocycles. The number of carbonyl (C=O) groups is 6. The van der Waals surface area contributed by atoms with Gasteiger partial charge in [0.1, 0.15) is 18.1 Å². The Morgan fingerprint density at radius 1 is 0.938 bits per heavy atom. The second-order valence-electron chi connectivity index (χ2n) is 7.22. The van der Waals surface area contributed by atoms with Crippen molar-refractivity contribution < 1.29 is 39.0 Å². The van der Waals surface area contributed by atoms with Gasteiger partial charge in [0, 0.05) is 12.2 Å². The maximum absolute atomic E-state index is 12.7. The van der Waals surface area contributed by atoms with Crippen LogP contribution in [0, 0.1) is 5.92 Å². The molecule has 0 spiro atoms. The summed E-state index contributed by atoms with van der Waals surface area (Å²) in [7, 11) is 0. The number of amides is 4. The molecule has 9 N–H and O–H groups in total. The number of hydrogen-bond donors (Lipinski definition) is 8. The molecule has 14 heteroatoms. The average Bonchev–Trinajstić information content (AvgIpc) is 2.71. The van der Waals surface area contributed by atoms with Crippen LogP contribution in [0.5, 0.6) is 0 Å². The lowest BCUT2D eigenvalue weighted by atomic mass is 9.97. The van der Waals surface area contributed by atoms with Gasteiger partial charge in [-0.05, 0) is 12.3 Å². The van der Waals surface area contributed by atoms with E-state index in [9.17, 15) is 28.8 Å². The molecule has 5 unspecified atom stereocenters. The molecule has 0 saturated heterocycles. The Morgan fingerprint density at radius 3 is 1.94 bits per heavy atom. The Kier molecular flexibility index (Phi) is 13.0. The van der Waals surface area contributed by atoms with Crippen LogP contribution in [0.3, 0.4) is 0 Å². The SMILES string of the molecule is CCC(C)C(NC(=O)C(CS)NC(=O)C(N)CCC(N)=O)C(=O)NC(CC(=O)O)C(=O)O. The predicted octanol–water partition coefficient (Wildman–Crippen LogP) is -2.43. The van der Waals surface area contributed by atoms with Crippen molar-refractivity contribution in [2.45, 2.75) is 63.7 Å². The van der Waals surface area contributed by atoms with E-state index in [4.69, 9.17) is 21.7 Å². The summed E-state index contributed by atoms with van der Waals surface area (Å²) < 4.78 is 0. The van der Waals surface area contributed by atoms with Crippen LogP contribution < -0.4 is 27.4 Å². The van der Waals surface area contributed by atoms with Crippen molar-refractivity contribution >= 4 is 48.2 Å². The van der Waals surface area contributed by atoms with Gasteiger partial charge in [0.2, 0.25) is 23.6 Å². The van der Waals surface area contributed by atoms with E-state index in [0.29, 0.717) is 6.42 Å². The Bertz CT molecular complexity index is 719. The van der Waals surface area contributed by atoms with Crippen LogP contribution in [0.1, 0.15) is 39.5 Å². The van der Waals surface area contributed by atoms with Gasteiger partial charge in [-0.15, -0.1) is 0 Å². The van der Waals surface area contributed by atoms with Crippen molar-refractivity contribution in [3.05, 3.63) is 0 Å². The predicted molar refractivity (Wildman–Crippen MR) is 115 cm³/mol. The Hall–Kier alpha value is -2.87. The van der Waals surface area contributed by atoms with Crippen molar-refractivity contribution in [2.24, 2.45) is 17.4 Å². The molecule has 13 nitrogen and oxygen atoms in total. The van der Waals surface area contributed by atoms with Crippen LogP contribution in [0.4, 0.5) is 0 Å². The Balaban J connectivity index is 5.30. The van der Waals surface area contributed by atoms with Gasteiger partial charge in [0.05, 0.1) is 12.5 Å². The number of carboxylic acids is 2. The maximum Gasteiger partial charge on any atom is 0.326 e. The first kappa shape index (κ1) is 29.1. The average molecular weight is 478 g/mol. The van der Waals surface area contributed by atoms with Gasteiger partial charge in [-0.2, -0.15) is 12.6 Å². The van der Waals surface area contributed by atoms with E-state index in [0.717, 1.165) is 0 Å². The summed E-state index contributed by atoms with van der Waals surface area (Å²) in [5, 5.41) is 24.9. The molecule has 0 aliphatic carbocycles. The molecular weight excluding hydrogens is 446 g/mol. The highest BCUT2D eigenvalue weighted by Gasteiger charge is 2.33. The number of nitrogens with two attached hydrogens (primary N) is 2. The smallest absolute Gasteiger partial charge is 0.326 e. The molecule has 0 fully saturated rings. The van der Waals surface area contributed by atoms with Gasteiger partial charge in [0.15, 0.2) is 0 Å². The molecule has 0 aromatic rings. The van der Waals surface area contributed by atoms with E-state index in [-0.39, 0.29) is 18.6 Å². The lowest BCUT2D eigenvalue weighted by molar-refractivity contribution is -0.147. The molecule has 0 bridgehead atoms. The van der Waals surface area contributed by atoms with Gasteiger partial charge in [-0.25, -0.2) is 4.79 Å². The highest BCUT2D eigenvalue weighted by molar-refractivity contribution is 7.80. The van der Waals surface area contributed by atoms with E-state index < -0.39 is 72.1 Å². The minimum atomic E-state index is -1.69. The first-order valence-electron chi connectivity index (χ1n) is 9.84. The summed E-state index contributed by atoms with van der Waals surface area (Å²) in [5.41, 5.74) is 10.7. The summed E-state index contributed by atoms with van der Waals surface area (Å²) >= 11 is 4.02. The van der Waals surface area contributed by atoms with Crippen LogP contribution in [0.25, 0.3) is 0 Å². The Morgan fingerprint density at radius 2 is 1.50 bits per heavy atom. The largest absolute Gasteiger partial charge is 0.481 e. The van der Waals surface area contributed by atoms with Gasteiger partial charge in [-0.1, -0.05) is 20.3 Å². The summed E-state index contributed by atoms with van der Waals surface area (Å²) in [6.45, 7) is 3.37. The zero-order chi connectivity index (χ0) is 25.0. The Labute approximate surface area is 190 Å². The van der Waals surface area contributed by atoms with Crippen LogP contribution >= 0.6 is 12.6 Å². The minimum absolute atomic E-state index is 0.0276. The maximum atomic E-state index is 12.7. The molecule has 0 aromatic heterocycles. The van der Waals surface area contributed by atoms with Gasteiger partial charge in [-0.3, -0.25) is 24.0 Å². The number of thiol groups is 1. The highest BCUT2D eigenvalue weighted by Crippen LogP contribution is 2.10. The van der Waals surface area contributed by atoms with E-state index in [1.165, 1.54) is 0 Å². The van der Waals surface area contributed by atoms with Crippen molar-refractivity contribution in [3.63, 3.8) is 0 Å². The number of rotatable bonds is 15. The lowest BCUT2D eigenvalue weighted by Crippen LogP contribution is -2.59. The third-order valence-corrected chi connectivity index (χ3v) is 5.01. The summed E-state index contributed by atoms with van der Waals surface area (Å²) in [6, 6.07) is -5.17. The third kappa shape index (κ3) is 10.4.